The maximum absolute atomic E-state index is 12.4. The van der Waals surface area contributed by atoms with Crippen LogP contribution in [0.4, 0.5) is 4.79 Å². The molecule has 0 spiro atoms. The molecule has 3 rings (SSSR count). The van der Waals surface area contributed by atoms with Gasteiger partial charge in [-0.1, -0.05) is 42.5 Å². The molecule has 2 aromatic rings. The van der Waals surface area contributed by atoms with E-state index in [1.807, 2.05) is 23.1 Å². The smallest absolute Gasteiger partial charge is 0.317 e. The van der Waals surface area contributed by atoms with Crippen LogP contribution in [-0.4, -0.2) is 62.2 Å². The van der Waals surface area contributed by atoms with Gasteiger partial charge in [0, 0.05) is 39.3 Å². The molecule has 2 amide bonds. The number of carbonyl (C=O) groups is 1. The minimum Gasteiger partial charge on any atom is -0.497 e. The predicted octanol–water partition coefficient (Wildman–Crippen LogP) is 2.81. The van der Waals surface area contributed by atoms with Crippen LogP contribution in [0.5, 0.6) is 5.75 Å². The van der Waals surface area contributed by atoms with Gasteiger partial charge >= 0.3 is 6.03 Å². The lowest BCUT2D eigenvalue weighted by molar-refractivity contribution is 0.140. The first kappa shape index (κ1) is 19.2. The van der Waals surface area contributed by atoms with Gasteiger partial charge in [-0.3, -0.25) is 4.90 Å². The SMILES string of the molecule is COc1cccc(CCNC(=O)N2CCN(CCc3ccccc3)CC2)c1. The first-order valence-electron chi connectivity index (χ1n) is 9.66. The highest BCUT2D eigenvalue weighted by Crippen LogP contribution is 2.12. The summed E-state index contributed by atoms with van der Waals surface area (Å²) in [5, 5.41) is 3.04. The Kier molecular flexibility index (Phi) is 7.11. The number of ether oxygens (including phenoxy) is 1. The molecular formula is C22H29N3O2. The number of piperazine rings is 1. The second-order valence-electron chi connectivity index (χ2n) is 6.90. The van der Waals surface area contributed by atoms with E-state index >= 15 is 0 Å². The van der Waals surface area contributed by atoms with E-state index < -0.39 is 0 Å². The summed E-state index contributed by atoms with van der Waals surface area (Å²) in [5.74, 6) is 0.852. The van der Waals surface area contributed by atoms with Crippen molar-refractivity contribution in [2.24, 2.45) is 0 Å². The molecule has 27 heavy (non-hydrogen) atoms. The monoisotopic (exact) mass is 367 g/mol. The van der Waals surface area contributed by atoms with Crippen molar-refractivity contribution < 1.29 is 9.53 Å². The zero-order valence-electron chi connectivity index (χ0n) is 16.1. The van der Waals surface area contributed by atoms with Crippen LogP contribution >= 0.6 is 0 Å². The topological polar surface area (TPSA) is 44.8 Å². The van der Waals surface area contributed by atoms with E-state index in [9.17, 15) is 4.79 Å². The molecule has 1 heterocycles. The van der Waals surface area contributed by atoms with Crippen LogP contribution in [-0.2, 0) is 12.8 Å². The Balaban J connectivity index is 1.34. The molecule has 1 fully saturated rings. The standard InChI is InChI=1S/C22H29N3O2/c1-27-21-9-5-8-20(18-21)10-12-23-22(26)25-16-14-24(15-17-25)13-11-19-6-3-2-4-7-19/h2-9,18H,10-17H2,1H3,(H,23,26). The van der Waals surface area contributed by atoms with Gasteiger partial charge in [0.05, 0.1) is 7.11 Å². The first-order chi connectivity index (χ1) is 13.2. The zero-order chi connectivity index (χ0) is 18.9. The van der Waals surface area contributed by atoms with E-state index in [0.29, 0.717) is 6.54 Å². The Bertz CT molecular complexity index is 713. The summed E-state index contributed by atoms with van der Waals surface area (Å²) in [5.41, 5.74) is 2.54. The summed E-state index contributed by atoms with van der Waals surface area (Å²) >= 11 is 0. The number of nitrogens with one attached hydrogen (secondary N) is 1. The lowest BCUT2D eigenvalue weighted by atomic mass is 10.1. The lowest BCUT2D eigenvalue weighted by Crippen LogP contribution is -2.52. The molecular weight excluding hydrogens is 338 g/mol. The van der Waals surface area contributed by atoms with Crippen LogP contribution in [0, 0.1) is 0 Å². The Labute approximate surface area is 161 Å². The van der Waals surface area contributed by atoms with Crippen molar-refractivity contribution in [3.05, 3.63) is 65.7 Å². The fraction of sp³-hybridized carbons (Fsp3) is 0.409. The Morgan fingerprint density at radius 3 is 2.44 bits per heavy atom. The normalized spacial score (nSPS) is 14.8. The van der Waals surface area contributed by atoms with E-state index in [1.165, 1.54) is 11.1 Å². The van der Waals surface area contributed by atoms with E-state index in [1.54, 1.807) is 7.11 Å². The van der Waals surface area contributed by atoms with Gasteiger partial charge in [0.1, 0.15) is 5.75 Å². The molecule has 5 heteroatoms. The molecule has 1 N–H and O–H groups in total. The summed E-state index contributed by atoms with van der Waals surface area (Å²) in [6, 6.07) is 18.6. The van der Waals surface area contributed by atoms with Crippen molar-refractivity contribution >= 4 is 6.03 Å². The van der Waals surface area contributed by atoms with Gasteiger partial charge in [0.2, 0.25) is 0 Å². The molecule has 0 bridgehead atoms. The van der Waals surface area contributed by atoms with Gasteiger partial charge < -0.3 is 15.0 Å². The molecule has 0 aliphatic carbocycles. The lowest BCUT2D eigenvalue weighted by Gasteiger charge is -2.34. The molecule has 5 nitrogen and oxygen atoms in total. The Morgan fingerprint density at radius 1 is 0.963 bits per heavy atom. The van der Waals surface area contributed by atoms with Gasteiger partial charge in [0.15, 0.2) is 0 Å². The number of carbonyl (C=O) groups excluding carboxylic acids is 1. The fourth-order valence-electron chi connectivity index (χ4n) is 3.36. The average Bonchev–Trinajstić information content (AvgIpc) is 2.73. The predicted molar refractivity (Wildman–Crippen MR) is 108 cm³/mol. The summed E-state index contributed by atoms with van der Waals surface area (Å²) in [6.45, 7) is 5.15. The first-order valence-corrected chi connectivity index (χ1v) is 9.66. The van der Waals surface area contributed by atoms with Crippen LogP contribution in [0.1, 0.15) is 11.1 Å². The van der Waals surface area contributed by atoms with Crippen molar-refractivity contribution in [2.75, 3.05) is 46.4 Å². The van der Waals surface area contributed by atoms with Crippen LogP contribution in [0.25, 0.3) is 0 Å². The summed E-state index contributed by atoms with van der Waals surface area (Å²) in [7, 11) is 1.67. The third-order valence-electron chi connectivity index (χ3n) is 5.04. The number of urea groups is 1. The molecule has 144 valence electrons. The second-order valence-corrected chi connectivity index (χ2v) is 6.90. The van der Waals surface area contributed by atoms with Gasteiger partial charge in [-0.25, -0.2) is 4.79 Å². The molecule has 0 saturated carbocycles. The van der Waals surface area contributed by atoms with Gasteiger partial charge in [-0.15, -0.1) is 0 Å². The fourth-order valence-corrected chi connectivity index (χ4v) is 3.36. The Hall–Kier alpha value is -2.53. The number of rotatable bonds is 7. The minimum atomic E-state index is 0.0422. The van der Waals surface area contributed by atoms with E-state index in [0.717, 1.165) is 51.3 Å². The van der Waals surface area contributed by atoms with E-state index in [4.69, 9.17) is 4.74 Å². The highest BCUT2D eigenvalue weighted by Gasteiger charge is 2.20. The van der Waals surface area contributed by atoms with Gasteiger partial charge in [-0.05, 0) is 36.1 Å². The van der Waals surface area contributed by atoms with Crippen LogP contribution in [0.15, 0.2) is 54.6 Å². The Morgan fingerprint density at radius 2 is 1.70 bits per heavy atom. The quantitative estimate of drug-likeness (QED) is 0.818. The molecule has 1 aliphatic heterocycles. The molecule has 0 atom stereocenters. The third-order valence-corrected chi connectivity index (χ3v) is 5.04. The van der Waals surface area contributed by atoms with Crippen LogP contribution in [0.2, 0.25) is 0 Å². The molecule has 1 aliphatic rings. The molecule has 0 unspecified atom stereocenters. The summed E-state index contributed by atoms with van der Waals surface area (Å²) in [6.07, 6.45) is 1.87. The average molecular weight is 367 g/mol. The number of nitrogens with zero attached hydrogens (tertiary/aromatic N) is 2. The van der Waals surface area contributed by atoms with Crippen molar-refractivity contribution in [3.8, 4) is 5.75 Å². The number of benzene rings is 2. The number of methoxy groups -OCH3 is 1. The number of hydrogen-bond acceptors (Lipinski definition) is 3. The maximum atomic E-state index is 12.4. The largest absolute Gasteiger partial charge is 0.497 e. The zero-order valence-corrected chi connectivity index (χ0v) is 16.1. The maximum Gasteiger partial charge on any atom is 0.317 e. The highest BCUT2D eigenvalue weighted by atomic mass is 16.5. The molecule has 2 aromatic carbocycles. The van der Waals surface area contributed by atoms with Crippen molar-refractivity contribution in [1.82, 2.24) is 15.1 Å². The summed E-state index contributed by atoms with van der Waals surface area (Å²) in [4.78, 5) is 16.7. The van der Waals surface area contributed by atoms with Gasteiger partial charge in [0.25, 0.3) is 0 Å². The number of hydrogen-bond donors (Lipinski definition) is 1. The van der Waals surface area contributed by atoms with Crippen LogP contribution in [0.3, 0.4) is 0 Å². The van der Waals surface area contributed by atoms with E-state index in [-0.39, 0.29) is 6.03 Å². The van der Waals surface area contributed by atoms with Crippen molar-refractivity contribution in [3.63, 3.8) is 0 Å². The van der Waals surface area contributed by atoms with E-state index in [2.05, 4.69) is 46.6 Å². The second kappa shape index (κ2) is 9.97. The number of amides is 2. The van der Waals surface area contributed by atoms with Crippen molar-refractivity contribution in [1.29, 1.82) is 0 Å². The third kappa shape index (κ3) is 6.00. The van der Waals surface area contributed by atoms with Crippen LogP contribution < -0.4 is 10.1 Å². The minimum absolute atomic E-state index is 0.0422. The van der Waals surface area contributed by atoms with Crippen molar-refractivity contribution in [2.45, 2.75) is 12.8 Å². The highest BCUT2D eigenvalue weighted by molar-refractivity contribution is 5.74. The summed E-state index contributed by atoms with van der Waals surface area (Å²) < 4.78 is 5.24. The molecule has 0 radical (unpaired) electrons. The molecule has 0 aromatic heterocycles. The van der Waals surface area contributed by atoms with Gasteiger partial charge in [-0.2, -0.15) is 0 Å². The molecule has 1 saturated heterocycles.